The van der Waals surface area contributed by atoms with Crippen LogP contribution in [0.4, 0.5) is 0 Å². The Balaban J connectivity index is 3.18. The highest BCUT2D eigenvalue weighted by Gasteiger charge is 2.03. The molecular weight excluding hydrogens is 532 g/mol. The van der Waals surface area contributed by atoms with E-state index in [4.69, 9.17) is 9.84 Å². The molecule has 0 saturated heterocycles. The topological polar surface area (TPSA) is 63.6 Å². The molecule has 1 N–H and O–H groups in total. The van der Waals surface area contributed by atoms with Gasteiger partial charge in [-0.3, -0.25) is 9.59 Å². The van der Waals surface area contributed by atoms with E-state index in [1.54, 1.807) is 0 Å². The van der Waals surface area contributed by atoms with Gasteiger partial charge in [-0.05, 0) is 44.9 Å². The van der Waals surface area contributed by atoms with Gasteiger partial charge < -0.3 is 9.84 Å². The van der Waals surface area contributed by atoms with E-state index in [1.165, 1.54) is 167 Å². The first-order chi connectivity index (χ1) is 21.2. The summed E-state index contributed by atoms with van der Waals surface area (Å²) in [7, 11) is 0. The highest BCUT2D eigenvalue weighted by molar-refractivity contribution is 5.69. The number of carbonyl (C=O) groups excluding carboxylic acids is 1. The maximum Gasteiger partial charge on any atom is 0.305 e. The van der Waals surface area contributed by atoms with Crippen LogP contribution in [0.5, 0.6) is 0 Å². The Morgan fingerprint density at radius 1 is 0.442 bits per heavy atom. The molecule has 4 nitrogen and oxygen atoms in total. The number of aliphatic carboxylic acids is 1. The van der Waals surface area contributed by atoms with Crippen LogP contribution in [0.25, 0.3) is 0 Å². The van der Waals surface area contributed by atoms with Gasteiger partial charge in [-0.1, -0.05) is 173 Å². The predicted molar refractivity (Wildman–Crippen MR) is 186 cm³/mol. The zero-order valence-electron chi connectivity index (χ0n) is 28.9. The molecule has 0 aromatic carbocycles. The molecule has 43 heavy (non-hydrogen) atoms. The summed E-state index contributed by atoms with van der Waals surface area (Å²) in [5.74, 6) is -0.659. The lowest BCUT2D eigenvalue weighted by Gasteiger charge is -2.06. The van der Waals surface area contributed by atoms with Gasteiger partial charge in [0.25, 0.3) is 0 Å². The lowest BCUT2D eigenvalue weighted by Crippen LogP contribution is -2.05. The molecule has 0 amide bonds. The average molecular weight is 607 g/mol. The number of carboxylic acids is 1. The number of hydrogen-bond donors (Lipinski definition) is 1. The molecule has 254 valence electrons. The minimum absolute atomic E-state index is 0.00532. The number of rotatable bonds is 36. The van der Waals surface area contributed by atoms with E-state index in [0.717, 1.165) is 32.1 Å². The molecule has 0 unspecified atom stereocenters. The number of carbonyl (C=O) groups is 2. The SMILES string of the molecule is CCCCCCC=CCCCCCCCCCCCC(=O)OCCCCCCCCCCCCCCCCCCC(=O)O. The highest BCUT2D eigenvalue weighted by Crippen LogP contribution is 2.15. The summed E-state index contributed by atoms with van der Waals surface area (Å²) in [4.78, 5) is 22.4. The molecule has 0 aliphatic heterocycles. The van der Waals surface area contributed by atoms with E-state index < -0.39 is 5.97 Å². The number of hydrogen-bond acceptors (Lipinski definition) is 3. The predicted octanol–water partition coefficient (Wildman–Crippen LogP) is 13.1. The van der Waals surface area contributed by atoms with Crippen molar-refractivity contribution in [3.05, 3.63) is 12.2 Å². The quantitative estimate of drug-likeness (QED) is 0.0438. The Kier molecular flexibility index (Phi) is 35.7. The van der Waals surface area contributed by atoms with Crippen LogP contribution < -0.4 is 0 Å². The van der Waals surface area contributed by atoms with E-state index in [2.05, 4.69) is 19.1 Å². The normalized spacial score (nSPS) is 11.5. The van der Waals surface area contributed by atoms with Gasteiger partial charge in [-0.25, -0.2) is 0 Å². The monoisotopic (exact) mass is 607 g/mol. The number of allylic oxidation sites excluding steroid dienone is 2. The van der Waals surface area contributed by atoms with Crippen molar-refractivity contribution in [2.75, 3.05) is 6.61 Å². The van der Waals surface area contributed by atoms with Gasteiger partial charge in [0, 0.05) is 12.8 Å². The summed E-state index contributed by atoms with van der Waals surface area (Å²) < 4.78 is 5.44. The highest BCUT2D eigenvalue weighted by atomic mass is 16.5. The summed E-state index contributed by atoms with van der Waals surface area (Å²) in [6.07, 6.45) is 45.1. The van der Waals surface area contributed by atoms with Gasteiger partial charge in [-0.15, -0.1) is 0 Å². The Hall–Kier alpha value is -1.32. The summed E-state index contributed by atoms with van der Waals surface area (Å²) in [6.45, 7) is 2.88. The van der Waals surface area contributed by atoms with Gasteiger partial charge >= 0.3 is 11.9 Å². The van der Waals surface area contributed by atoms with Crippen molar-refractivity contribution in [3.8, 4) is 0 Å². The van der Waals surface area contributed by atoms with Crippen molar-refractivity contribution in [3.63, 3.8) is 0 Å². The molecule has 0 saturated carbocycles. The third-order valence-electron chi connectivity index (χ3n) is 8.69. The van der Waals surface area contributed by atoms with E-state index in [-0.39, 0.29) is 5.97 Å². The smallest absolute Gasteiger partial charge is 0.305 e. The molecule has 0 aromatic rings. The van der Waals surface area contributed by atoms with Crippen LogP contribution in [0.1, 0.15) is 219 Å². The fourth-order valence-corrected chi connectivity index (χ4v) is 5.80. The van der Waals surface area contributed by atoms with Crippen molar-refractivity contribution in [1.82, 2.24) is 0 Å². The standard InChI is InChI=1S/C39H74O4/c1-2-3-4-5-6-7-8-9-10-11-15-18-21-24-27-30-33-36-39(42)43-37-34-31-28-25-22-19-16-13-12-14-17-20-23-26-29-32-35-38(40)41/h7-8H,2-6,9-37H2,1H3,(H,40,41). The fourth-order valence-electron chi connectivity index (χ4n) is 5.80. The van der Waals surface area contributed by atoms with Gasteiger partial charge in [0.15, 0.2) is 0 Å². The van der Waals surface area contributed by atoms with Crippen molar-refractivity contribution < 1.29 is 19.4 Å². The zero-order chi connectivity index (χ0) is 31.3. The average Bonchev–Trinajstić information content (AvgIpc) is 2.99. The fraction of sp³-hybridized carbons (Fsp3) is 0.897. The minimum atomic E-state index is -0.664. The first-order valence-corrected chi connectivity index (χ1v) is 19.2. The minimum Gasteiger partial charge on any atom is -0.481 e. The van der Waals surface area contributed by atoms with Gasteiger partial charge in [-0.2, -0.15) is 0 Å². The summed E-state index contributed by atoms with van der Waals surface area (Å²) in [6, 6.07) is 0. The number of unbranched alkanes of at least 4 members (excludes halogenated alkanes) is 28. The summed E-state index contributed by atoms with van der Waals surface area (Å²) in [5.41, 5.74) is 0. The van der Waals surface area contributed by atoms with Crippen molar-refractivity contribution in [1.29, 1.82) is 0 Å². The van der Waals surface area contributed by atoms with Gasteiger partial charge in [0.2, 0.25) is 0 Å². The van der Waals surface area contributed by atoms with Crippen molar-refractivity contribution in [2.45, 2.75) is 219 Å². The first-order valence-electron chi connectivity index (χ1n) is 19.2. The molecule has 0 atom stereocenters. The van der Waals surface area contributed by atoms with Crippen molar-refractivity contribution in [2.24, 2.45) is 0 Å². The maximum atomic E-state index is 12.0. The molecule has 0 aliphatic carbocycles. The lowest BCUT2D eigenvalue weighted by molar-refractivity contribution is -0.144. The second-order valence-corrected chi connectivity index (χ2v) is 13.1. The van der Waals surface area contributed by atoms with Crippen LogP contribution in [0.15, 0.2) is 12.2 Å². The van der Waals surface area contributed by atoms with Crippen LogP contribution in [-0.2, 0) is 14.3 Å². The third kappa shape index (κ3) is 38.7. The molecule has 0 aliphatic rings. The van der Waals surface area contributed by atoms with Crippen molar-refractivity contribution >= 4 is 11.9 Å². The van der Waals surface area contributed by atoms with Gasteiger partial charge in [0.05, 0.1) is 6.61 Å². The second kappa shape index (κ2) is 36.9. The molecule has 0 heterocycles. The van der Waals surface area contributed by atoms with Crippen LogP contribution >= 0.6 is 0 Å². The Morgan fingerprint density at radius 3 is 1.16 bits per heavy atom. The Morgan fingerprint density at radius 2 is 0.767 bits per heavy atom. The molecule has 0 aromatic heterocycles. The Bertz CT molecular complexity index is 600. The van der Waals surface area contributed by atoms with Gasteiger partial charge in [0.1, 0.15) is 0 Å². The van der Waals surface area contributed by atoms with E-state index >= 15 is 0 Å². The molecule has 0 fully saturated rings. The zero-order valence-corrected chi connectivity index (χ0v) is 28.9. The van der Waals surface area contributed by atoms with Crippen LogP contribution in [-0.4, -0.2) is 23.7 Å². The number of esters is 1. The molecule has 0 bridgehead atoms. The summed E-state index contributed by atoms with van der Waals surface area (Å²) >= 11 is 0. The number of carboxylic acid groups (broad SMARTS) is 1. The Labute approximate surface area is 268 Å². The first kappa shape index (κ1) is 41.7. The second-order valence-electron chi connectivity index (χ2n) is 13.1. The summed E-state index contributed by atoms with van der Waals surface area (Å²) in [5, 5.41) is 8.63. The van der Waals surface area contributed by atoms with E-state index in [1.807, 2.05) is 0 Å². The lowest BCUT2D eigenvalue weighted by atomic mass is 10.0. The molecular formula is C39H74O4. The van der Waals surface area contributed by atoms with Crippen LogP contribution in [0.3, 0.4) is 0 Å². The maximum absolute atomic E-state index is 12.0. The van der Waals surface area contributed by atoms with Crippen LogP contribution in [0, 0.1) is 0 Å². The van der Waals surface area contributed by atoms with Crippen LogP contribution in [0.2, 0.25) is 0 Å². The molecule has 0 radical (unpaired) electrons. The molecule has 0 spiro atoms. The number of ether oxygens (including phenoxy) is 1. The largest absolute Gasteiger partial charge is 0.481 e. The molecule has 4 heteroatoms. The molecule has 0 rings (SSSR count). The van der Waals surface area contributed by atoms with E-state index in [0.29, 0.717) is 19.4 Å². The third-order valence-corrected chi connectivity index (χ3v) is 8.69. The van der Waals surface area contributed by atoms with E-state index in [9.17, 15) is 9.59 Å².